The van der Waals surface area contributed by atoms with Gasteiger partial charge in [0, 0.05) is 36.3 Å². The van der Waals surface area contributed by atoms with Gasteiger partial charge in [-0.05, 0) is 38.6 Å². The maximum atomic E-state index is 12.3. The van der Waals surface area contributed by atoms with Gasteiger partial charge in [-0.1, -0.05) is 32.0 Å². The molecule has 148 valence electrons. The molecule has 0 aliphatic carbocycles. The molecule has 0 saturated carbocycles. The lowest BCUT2D eigenvalue weighted by Gasteiger charge is -2.27. The predicted octanol–water partition coefficient (Wildman–Crippen LogP) is 2.79. The van der Waals surface area contributed by atoms with Gasteiger partial charge in [0.15, 0.2) is 5.96 Å². The summed E-state index contributed by atoms with van der Waals surface area (Å²) >= 11 is 0. The van der Waals surface area contributed by atoms with Crippen molar-refractivity contribution in [3.05, 3.63) is 30.3 Å². The Balaban J connectivity index is 0.00000338. The summed E-state index contributed by atoms with van der Waals surface area (Å²) in [5.74, 6) is 1.52. The molecule has 1 aromatic rings. The molecule has 7 heteroatoms. The first-order valence-corrected chi connectivity index (χ1v) is 10.7. The van der Waals surface area contributed by atoms with Gasteiger partial charge >= 0.3 is 0 Å². The van der Waals surface area contributed by atoms with E-state index in [9.17, 15) is 4.21 Å². The molecule has 1 saturated heterocycles. The molecule has 0 radical (unpaired) electrons. The van der Waals surface area contributed by atoms with Crippen molar-refractivity contribution < 1.29 is 4.21 Å². The molecule has 0 amide bonds. The van der Waals surface area contributed by atoms with Crippen LogP contribution in [0.5, 0.6) is 0 Å². The molecule has 1 fully saturated rings. The fraction of sp³-hybridized carbons (Fsp3) is 0.632. The lowest BCUT2D eigenvalue weighted by Crippen LogP contribution is -2.43. The average Bonchev–Trinajstić information content (AvgIpc) is 3.12. The largest absolute Gasteiger partial charge is 0.357 e. The molecule has 2 rings (SSSR count). The maximum absolute atomic E-state index is 12.3. The Labute approximate surface area is 178 Å². The van der Waals surface area contributed by atoms with Crippen LogP contribution in [-0.4, -0.2) is 71.0 Å². The van der Waals surface area contributed by atoms with Gasteiger partial charge in [-0.25, -0.2) is 0 Å². The standard InChI is InChI=1S/C19H32N4OS.HI/c1-4-20-19(23-14-12-17(16-23)22(5-2)6-3)21-13-15-25(24)18-10-8-7-9-11-18;/h7-11,17H,4-6,12-16H2,1-3H3,(H,20,21);1H. The second-order valence-corrected chi connectivity index (χ2v) is 7.78. The van der Waals surface area contributed by atoms with Crippen molar-refractivity contribution in [2.24, 2.45) is 4.99 Å². The Bertz CT molecular complexity index is 566. The normalized spacial score (nSPS) is 18.7. The quantitative estimate of drug-likeness (QED) is 0.345. The first-order valence-electron chi connectivity index (χ1n) is 9.40. The van der Waals surface area contributed by atoms with Crippen molar-refractivity contribution in [3.63, 3.8) is 0 Å². The van der Waals surface area contributed by atoms with E-state index < -0.39 is 10.8 Å². The zero-order valence-electron chi connectivity index (χ0n) is 16.2. The van der Waals surface area contributed by atoms with E-state index in [-0.39, 0.29) is 24.0 Å². The zero-order chi connectivity index (χ0) is 18.1. The van der Waals surface area contributed by atoms with Crippen LogP contribution >= 0.6 is 24.0 Å². The van der Waals surface area contributed by atoms with Crippen LogP contribution in [0, 0.1) is 0 Å². The van der Waals surface area contributed by atoms with Crippen LogP contribution in [0.25, 0.3) is 0 Å². The van der Waals surface area contributed by atoms with Gasteiger partial charge in [-0.15, -0.1) is 24.0 Å². The average molecular weight is 492 g/mol. The lowest BCUT2D eigenvalue weighted by molar-refractivity contribution is 0.223. The third kappa shape index (κ3) is 6.81. The number of rotatable bonds is 8. The fourth-order valence-corrected chi connectivity index (χ4v) is 4.28. The number of aliphatic imine (C=N–C) groups is 1. The molecular formula is C19H33IN4OS. The minimum atomic E-state index is -0.984. The van der Waals surface area contributed by atoms with E-state index in [2.05, 4.69) is 35.9 Å². The van der Waals surface area contributed by atoms with E-state index in [0.717, 1.165) is 43.6 Å². The summed E-state index contributed by atoms with van der Waals surface area (Å²) in [5.41, 5.74) is 0. The van der Waals surface area contributed by atoms with Gasteiger partial charge in [-0.3, -0.25) is 14.1 Å². The number of benzene rings is 1. The third-order valence-corrected chi connectivity index (χ3v) is 6.02. The number of guanidine groups is 1. The topological polar surface area (TPSA) is 47.9 Å². The van der Waals surface area contributed by atoms with Crippen molar-refractivity contribution in [3.8, 4) is 0 Å². The Morgan fingerprint density at radius 2 is 1.96 bits per heavy atom. The SMILES string of the molecule is CCNC(=NCCS(=O)c1ccccc1)N1CCC(N(CC)CC)C1.I. The van der Waals surface area contributed by atoms with E-state index in [1.165, 1.54) is 6.42 Å². The van der Waals surface area contributed by atoms with Gasteiger partial charge in [0.25, 0.3) is 0 Å². The molecule has 2 unspecified atom stereocenters. The van der Waals surface area contributed by atoms with Crippen LogP contribution in [0.4, 0.5) is 0 Å². The predicted molar refractivity (Wildman–Crippen MR) is 122 cm³/mol. The number of hydrogen-bond acceptors (Lipinski definition) is 3. The molecular weight excluding hydrogens is 459 g/mol. The van der Waals surface area contributed by atoms with Crippen molar-refractivity contribution >= 4 is 40.7 Å². The van der Waals surface area contributed by atoms with Crippen molar-refractivity contribution in [1.82, 2.24) is 15.1 Å². The Morgan fingerprint density at radius 3 is 2.58 bits per heavy atom. The summed E-state index contributed by atoms with van der Waals surface area (Å²) in [5, 5.41) is 3.39. The summed E-state index contributed by atoms with van der Waals surface area (Å²) in [6.45, 7) is 12.2. The van der Waals surface area contributed by atoms with Gasteiger partial charge in [-0.2, -0.15) is 0 Å². The van der Waals surface area contributed by atoms with Gasteiger partial charge in [0.2, 0.25) is 0 Å². The number of hydrogen-bond donors (Lipinski definition) is 1. The second-order valence-electron chi connectivity index (χ2n) is 6.21. The summed E-state index contributed by atoms with van der Waals surface area (Å²) in [6, 6.07) is 10.2. The number of halogens is 1. The van der Waals surface area contributed by atoms with E-state index in [0.29, 0.717) is 18.3 Å². The highest BCUT2D eigenvalue weighted by Gasteiger charge is 2.27. The molecule has 1 aromatic carbocycles. The minimum absolute atomic E-state index is 0. The van der Waals surface area contributed by atoms with E-state index in [1.54, 1.807) is 0 Å². The van der Waals surface area contributed by atoms with Crippen LogP contribution in [-0.2, 0) is 10.8 Å². The molecule has 0 aromatic heterocycles. The highest BCUT2D eigenvalue weighted by atomic mass is 127. The number of likely N-dealkylation sites (tertiary alicyclic amines) is 1. The highest BCUT2D eigenvalue weighted by molar-refractivity contribution is 14.0. The zero-order valence-corrected chi connectivity index (χ0v) is 19.3. The maximum Gasteiger partial charge on any atom is 0.193 e. The van der Waals surface area contributed by atoms with E-state index in [1.807, 2.05) is 30.3 Å². The summed E-state index contributed by atoms with van der Waals surface area (Å²) in [4.78, 5) is 10.5. The molecule has 0 bridgehead atoms. The van der Waals surface area contributed by atoms with Crippen LogP contribution in [0.2, 0.25) is 0 Å². The second kappa shape index (κ2) is 12.7. The highest BCUT2D eigenvalue weighted by Crippen LogP contribution is 2.15. The van der Waals surface area contributed by atoms with Gasteiger partial charge in [0.1, 0.15) is 0 Å². The molecule has 26 heavy (non-hydrogen) atoms. The Kier molecular flexibility index (Phi) is 11.4. The van der Waals surface area contributed by atoms with E-state index in [4.69, 9.17) is 4.99 Å². The minimum Gasteiger partial charge on any atom is -0.357 e. The van der Waals surface area contributed by atoms with E-state index >= 15 is 0 Å². The number of nitrogens with one attached hydrogen (secondary N) is 1. The molecule has 1 aliphatic rings. The number of likely N-dealkylation sites (N-methyl/N-ethyl adjacent to an activating group) is 1. The first kappa shape index (κ1) is 23.4. The monoisotopic (exact) mass is 492 g/mol. The first-order chi connectivity index (χ1) is 12.2. The van der Waals surface area contributed by atoms with Crippen LogP contribution in [0.1, 0.15) is 27.2 Å². The van der Waals surface area contributed by atoms with Crippen LogP contribution < -0.4 is 5.32 Å². The van der Waals surface area contributed by atoms with Crippen LogP contribution in [0.15, 0.2) is 40.2 Å². The molecule has 1 aliphatic heterocycles. The van der Waals surface area contributed by atoms with Crippen molar-refractivity contribution in [2.45, 2.75) is 38.1 Å². The lowest BCUT2D eigenvalue weighted by atomic mass is 10.2. The fourth-order valence-electron chi connectivity index (χ4n) is 3.32. The van der Waals surface area contributed by atoms with Gasteiger partial charge in [0.05, 0.1) is 17.3 Å². The molecule has 1 N–H and O–H groups in total. The summed E-state index contributed by atoms with van der Waals surface area (Å²) < 4.78 is 12.3. The summed E-state index contributed by atoms with van der Waals surface area (Å²) in [6.07, 6.45) is 1.18. The molecule has 2 atom stereocenters. The number of nitrogens with zero attached hydrogens (tertiary/aromatic N) is 3. The van der Waals surface area contributed by atoms with Gasteiger partial charge < -0.3 is 10.2 Å². The molecule has 1 heterocycles. The third-order valence-electron chi connectivity index (χ3n) is 4.67. The summed E-state index contributed by atoms with van der Waals surface area (Å²) in [7, 11) is -0.984. The van der Waals surface area contributed by atoms with Crippen molar-refractivity contribution in [2.75, 3.05) is 45.0 Å². The Morgan fingerprint density at radius 1 is 1.27 bits per heavy atom. The Hall–Kier alpha value is -0.670. The molecule has 5 nitrogen and oxygen atoms in total. The molecule has 0 spiro atoms. The van der Waals surface area contributed by atoms with Crippen LogP contribution in [0.3, 0.4) is 0 Å². The smallest absolute Gasteiger partial charge is 0.193 e. The van der Waals surface area contributed by atoms with Crippen molar-refractivity contribution in [1.29, 1.82) is 0 Å².